The van der Waals surface area contributed by atoms with Gasteiger partial charge in [-0.25, -0.2) is 0 Å². The fraction of sp³-hybridized carbons (Fsp3) is 0.292. The molecule has 1 aliphatic heterocycles. The molecule has 0 radical (unpaired) electrons. The molecular weight excluding hydrogens is 652 g/mol. The Morgan fingerprint density at radius 1 is 0.510 bits per heavy atom. The van der Waals surface area contributed by atoms with Crippen molar-refractivity contribution in [2.24, 2.45) is 5.92 Å². The lowest BCUT2D eigenvalue weighted by molar-refractivity contribution is 0.218. The van der Waals surface area contributed by atoms with Crippen molar-refractivity contribution in [3.63, 3.8) is 0 Å². The van der Waals surface area contributed by atoms with Crippen LogP contribution in [-0.4, -0.2) is 18.0 Å². The largest absolute Gasteiger partial charge is 0.295 e. The Balaban J connectivity index is 1.43. The molecule has 0 bridgehead atoms. The van der Waals surface area contributed by atoms with Gasteiger partial charge in [0.15, 0.2) is 0 Å². The zero-order valence-corrected chi connectivity index (χ0v) is 33.6. The molecule has 1 aliphatic carbocycles. The van der Waals surface area contributed by atoms with E-state index in [0.717, 1.165) is 13.1 Å². The molecule has 7 rings (SSSR count). The summed E-state index contributed by atoms with van der Waals surface area (Å²) in [6, 6.07) is 38.8. The van der Waals surface area contributed by atoms with E-state index in [9.17, 15) is 0 Å². The second-order valence-corrected chi connectivity index (χ2v) is 19.7. The Hall–Kier alpha value is -3.60. The lowest BCUT2D eigenvalue weighted by Gasteiger charge is -2.38. The Morgan fingerprint density at radius 3 is 1.33 bits per heavy atom. The maximum atomic E-state index is 2.83. The Labute approximate surface area is 310 Å². The van der Waals surface area contributed by atoms with Crippen LogP contribution in [0.15, 0.2) is 121 Å². The second-order valence-electron chi connectivity index (χ2n) is 15.3. The summed E-state index contributed by atoms with van der Waals surface area (Å²) < 4.78 is 0. The van der Waals surface area contributed by atoms with Crippen molar-refractivity contribution in [2.75, 3.05) is 13.1 Å². The van der Waals surface area contributed by atoms with E-state index in [1.807, 2.05) is 0 Å². The van der Waals surface area contributed by atoms with Crippen LogP contribution < -0.4 is 26.5 Å². The van der Waals surface area contributed by atoms with Crippen molar-refractivity contribution in [1.29, 1.82) is 0 Å². The quantitative estimate of drug-likeness (QED) is 0.138. The van der Waals surface area contributed by atoms with E-state index < -0.39 is 15.8 Å². The number of nitrogens with zero attached hydrogens (tertiary/aromatic N) is 1. The molecule has 2 atom stereocenters. The van der Waals surface area contributed by atoms with E-state index in [4.69, 9.17) is 0 Å². The average molecular weight is 706 g/mol. The number of hydrogen-bond donors (Lipinski definition) is 0. The normalized spacial score (nSPS) is 16.7. The van der Waals surface area contributed by atoms with E-state index in [0.29, 0.717) is 0 Å². The minimum atomic E-state index is -0.792. The van der Waals surface area contributed by atoms with Crippen LogP contribution in [0.25, 0.3) is 0 Å². The van der Waals surface area contributed by atoms with Crippen molar-refractivity contribution < 1.29 is 0 Å². The highest BCUT2D eigenvalue weighted by molar-refractivity contribution is 7.80. The molecule has 1 heterocycles. The Bertz CT molecular complexity index is 1950. The molecule has 0 spiro atoms. The molecular formula is C48H53NP2. The molecule has 2 unspecified atom stereocenters. The smallest absolute Gasteiger partial charge is 0.0458 e. The van der Waals surface area contributed by atoms with Gasteiger partial charge in [-0.3, -0.25) is 4.90 Å². The number of benzene rings is 5. The summed E-state index contributed by atoms with van der Waals surface area (Å²) in [4.78, 5) is 2.83. The SMILES string of the molecule is Cc1cc(C)cc(P(C2=CC=CC2C(c2ccccc2P(c2cc(C)cc(C)c2)c2cc(C)cc(C)c2)N2CCCC2)c2cc(C)cc(C)c2)c1. The highest BCUT2D eigenvalue weighted by Gasteiger charge is 2.39. The molecule has 1 nitrogen and oxygen atoms in total. The maximum Gasteiger partial charge on any atom is 0.0458 e. The van der Waals surface area contributed by atoms with E-state index in [1.54, 1.807) is 5.31 Å². The summed E-state index contributed by atoms with van der Waals surface area (Å²) in [6.45, 7) is 20.4. The monoisotopic (exact) mass is 705 g/mol. The minimum Gasteiger partial charge on any atom is -0.295 e. The van der Waals surface area contributed by atoms with Crippen LogP contribution in [0.4, 0.5) is 0 Å². The Morgan fingerprint density at radius 2 is 0.902 bits per heavy atom. The van der Waals surface area contributed by atoms with Gasteiger partial charge in [-0.05, 0) is 135 Å². The summed E-state index contributed by atoms with van der Waals surface area (Å²) in [5, 5.41) is 8.91. The van der Waals surface area contributed by atoms with Crippen LogP contribution in [0.1, 0.15) is 69.0 Å². The first-order chi connectivity index (χ1) is 24.5. The van der Waals surface area contributed by atoms with Crippen molar-refractivity contribution >= 4 is 42.4 Å². The standard InChI is InChI=1S/C48H53NP2/c1-32-20-33(2)25-40(24-32)50(41-26-34(3)21-35(4)27-41)46-16-10-9-14-44(46)48(49-18-11-12-19-49)45-15-13-17-47(45)51(42-28-36(5)22-37(6)29-42)43-30-38(7)23-39(8)31-43/h9-10,13-17,20-31,45,48H,11-12,18-19H2,1-8H3. The number of aryl methyl sites for hydroxylation is 8. The molecule has 5 aromatic rings. The molecule has 260 valence electrons. The van der Waals surface area contributed by atoms with Crippen LogP contribution in [-0.2, 0) is 0 Å². The zero-order valence-electron chi connectivity index (χ0n) is 31.8. The van der Waals surface area contributed by atoms with Gasteiger partial charge in [0.05, 0.1) is 0 Å². The first-order valence-electron chi connectivity index (χ1n) is 18.7. The molecule has 0 aromatic heterocycles. The third kappa shape index (κ3) is 7.78. The van der Waals surface area contributed by atoms with Crippen LogP contribution in [0, 0.1) is 61.3 Å². The highest BCUT2D eigenvalue weighted by Crippen LogP contribution is 2.54. The maximum absolute atomic E-state index is 2.83. The van der Waals surface area contributed by atoms with Crippen LogP contribution in [0.2, 0.25) is 0 Å². The van der Waals surface area contributed by atoms with Gasteiger partial charge in [-0.2, -0.15) is 0 Å². The predicted octanol–water partition coefficient (Wildman–Crippen LogP) is 10.3. The molecule has 3 heteroatoms. The zero-order chi connectivity index (χ0) is 35.8. The topological polar surface area (TPSA) is 3.24 Å². The molecule has 5 aromatic carbocycles. The van der Waals surface area contributed by atoms with Gasteiger partial charge in [-0.15, -0.1) is 0 Å². The molecule has 1 fully saturated rings. The van der Waals surface area contributed by atoms with E-state index in [-0.39, 0.29) is 12.0 Å². The first kappa shape index (κ1) is 35.8. The van der Waals surface area contributed by atoms with Crippen LogP contribution in [0.5, 0.6) is 0 Å². The fourth-order valence-corrected chi connectivity index (χ4v) is 14.6. The van der Waals surface area contributed by atoms with Crippen molar-refractivity contribution in [2.45, 2.75) is 74.3 Å². The second kappa shape index (κ2) is 15.2. The van der Waals surface area contributed by atoms with Gasteiger partial charge in [0.1, 0.15) is 0 Å². The van der Waals surface area contributed by atoms with Crippen molar-refractivity contribution in [3.8, 4) is 0 Å². The first-order valence-corrected chi connectivity index (χ1v) is 21.4. The lowest BCUT2D eigenvalue weighted by atomic mass is 9.92. The van der Waals surface area contributed by atoms with Gasteiger partial charge < -0.3 is 0 Å². The third-order valence-corrected chi connectivity index (χ3v) is 15.4. The van der Waals surface area contributed by atoms with Gasteiger partial charge in [-0.1, -0.05) is 160 Å². The lowest BCUT2D eigenvalue weighted by Crippen LogP contribution is -2.36. The van der Waals surface area contributed by atoms with E-state index in [1.165, 1.54) is 89.4 Å². The summed E-state index contributed by atoms with van der Waals surface area (Å²) in [5.74, 6) is 0.285. The summed E-state index contributed by atoms with van der Waals surface area (Å²) in [5.41, 5.74) is 12.2. The minimum absolute atomic E-state index is 0.261. The number of likely N-dealkylation sites (tertiary alicyclic amines) is 1. The molecule has 0 saturated carbocycles. The van der Waals surface area contributed by atoms with Gasteiger partial charge in [0.2, 0.25) is 0 Å². The number of allylic oxidation sites excluding steroid dienone is 2. The molecule has 0 N–H and O–H groups in total. The van der Waals surface area contributed by atoms with Gasteiger partial charge in [0.25, 0.3) is 0 Å². The third-order valence-electron chi connectivity index (χ3n) is 10.4. The summed E-state index contributed by atoms with van der Waals surface area (Å²) in [6.07, 6.45) is 9.95. The van der Waals surface area contributed by atoms with E-state index in [2.05, 4.69) is 176 Å². The molecule has 51 heavy (non-hydrogen) atoms. The number of rotatable bonds is 9. The van der Waals surface area contributed by atoms with Gasteiger partial charge >= 0.3 is 0 Å². The molecule has 1 saturated heterocycles. The fourth-order valence-electron chi connectivity index (χ4n) is 8.75. The highest BCUT2D eigenvalue weighted by atomic mass is 31.1. The molecule has 0 amide bonds. The molecule has 2 aliphatic rings. The Kier molecular flexibility index (Phi) is 10.6. The van der Waals surface area contributed by atoms with Crippen molar-refractivity contribution in [1.82, 2.24) is 4.90 Å². The number of hydrogen-bond acceptors (Lipinski definition) is 1. The van der Waals surface area contributed by atoms with Crippen LogP contribution >= 0.6 is 15.8 Å². The van der Waals surface area contributed by atoms with Crippen LogP contribution in [0.3, 0.4) is 0 Å². The average Bonchev–Trinajstić information content (AvgIpc) is 3.74. The van der Waals surface area contributed by atoms with E-state index >= 15 is 0 Å². The van der Waals surface area contributed by atoms with Gasteiger partial charge in [0, 0.05) is 12.0 Å². The predicted molar refractivity (Wildman–Crippen MR) is 226 cm³/mol. The summed E-state index contributed by atoms with van der Waals surface area (Å²) in [7, 11) is -1.54. The van der Waals surface area contributed by atoms with Crippen molar-refractivity contribution in [3.05, 3.63) is 171 Å². The summed E-state index contributed by atoms with van der Waals surface area (Å²) >= 11 is 0.